The minimum Gasteiger partial charge on any atom is -0.303 e. The number of nitrogens with one attached hydrogen (secondary N) is 1. The molecule has 1 N–H and O–H groups in total. The van der Waals surface area contributed by atoms with Crippen molar-refractivity contribution < 1.29 is 0 Å². The van der Waals surface area contributed by atoms with Crippen molar-refractivity contribution in [3.05, 3.63) is 62.8 Å². The van der Waals surface area contributed by atoms with Crippen molar-refractivity contribution in [2.45, 2.75) is 25.9 Å². The molecule has 0 aromatic carbocycles. The topological polar surface area (TPSA) is 50.7 Å². The number of rotatable bonds is 6. The molecule has 0 radical (unpaired) electrons. The van der Waals surface area contributed by atoms with Crippen LogP contribution >= 0.6 is 35.1 Å². The lowest BCUT2D eigenvalue weighted by Crippen LogP contribution is -2.23. The van der Waals surface area contributed by atoms with Crippen LogP contribution in [0.5, 0.6) is 0 Å². The molecule has 22 heavy (non-hydrogen) atoms. The average Bonchev–Trinajstić information content (AvgIpc) is 3.18. The van der Waals surface area contributed by atoms with Gasteiger partial charge < -0.3 is 5.32 Å². The molecule has 1 atom stereocenters. The molecule has 0 saturated heterocycles. The molecule has 0 aliphatic rings. The van der Waals surface area contributed by atoms with E-state index in [0.717, 1.165) is 29.4 Å². The van der Waals surface area contributed by atoms with E-state index in [1.165, 1.54) is 5.56 Å². The Balaban J connectivity index is 0.00000176. The minimum absolute atomic E-state index is 0. The summed E-state index contributed by atoms with van der Waals surface area (Å²) in [5, 5.41) is 11.0. The summed E-state index contributed by atoms with van der Waals surface area (Å²) in [5.74, 6) is 0.800. The van der Waals surface area contributed by atoms with Crippen molar-refractivity contribution in [2.75, 3.05) is 0 Å². The fraction of sp³-hybridized carbons (Fsp3) is 0.267. The standard InChI is InChI=1S/C15H16N4S2.ClH/c1-11-17-7-13(8-18-11)9-19-14(15-16-3-5-21-15)6-12-2-4-20-10-12;/h2-5,7-8,10,14,19H,6,9H2,1H3;1H. The van der Waals surface area contributed by atoms with Crippen LogP contribution in [-0.2, 0) is 13.0 Å². The number of halogens is 1. The van der Waals surface area contributed by atoms with Gasteiger partial charge in [0.1, 0.15) is 10.8 Å². The van der Waals surface area contributed by atoms with Gasteiger partial charge in [-0.25, -0.2) is 15.0 Å². The monoisotopic (exact) mass is 352 g/mol. The molecule has 0 amide bonds. The molecule has 1 unspecified atom stereocenters. The van der Waals surface area contributed by atoms with Gasteiger partial charge in [0.25, 0.3) is 0 Å². The Bertz CT molecular complexity index is 653. The van der Waals surface area contributed by atoms with E-state index < -0.39 is 0 Å². The first-order valence-corrected chi connectivity index (χ1v) is 8.55. The molecule has 3 rings (SSSR count). The van der Waals surface area contributed by atoms with E-state index in [1.54, 1.807) is 22.7 Å². The Kier molecular flexibility index (Phi) is 6.45. The fourth-order valence-corrected chi connectivity index (χ4v) is 3.44. The number of aryl methyl sites for hydroxylation is 1. The van der Waals surface area contributed by atoms with E-state index >= 15 is 0 Å². The van der Waals surface area contributed by atoms with Gasteiger partial charge in [-0.2, -0.15) is 11.3 Å². The summed E-state index contributed by atoms with van der Waals surface area (Å²) < 4.78 is 0. The Hall–Kier alpha value is -1.34. The van der Waals surface area contributed by atoms with E-state index in [2.05, 4.69) is 37.1 Å². The molecule has 0 saturated carbocycles. The molecule has 0 spiro atoms. The lowest BCUT2D eigenvalue weighted by atomic mass is 10.1. The number of nitrogens with zero attached hydrogens (tertiary/aromatic N) is 3. The highest BCUT2D eigenvalue weighted by molar-refractivity contribution is 7.09. The highest BCUT2D eigenvalue weighted by Crippen LogP contribution is 2.22. The zero-order chi connectivity index (χ0) is 14.5. The third-order valence-corrected chi connectivity index (χ3v) is 4.78. The lowest BCUT2D eigenvalue weighted by Gasteiger charge is -2.16. The van der Waals surface area contributed by atoms with Crippen LogP contribution in [0.4, 0.5) is 0 Å². The maximum Gasteiger partial charge on any atom is 0.125 e. The first-order chi connectivity index (χ1) is 10.3. The molecule has 3 aromatic rings. The quantitative estimate of drug-likeness (QED) is 0.733. The molecular weight excluding hydrogens is 336 g/mol. The summed E-state index contributed by atoms with van der Waals surface area (Å²) in [6.07, 6.45) is 6.55. The van der Waals surface area contributed by atoms with Gasteiger partial charge in [-0.3, -0.25) is 0 Å². The van der Waals surface area contributed by atoms with Crippen LogP contribution in [0, 0.1) is 6.92 Å². The Morgan fingerprint density at radius 2 is 1.95 bits per heavy atom. The molecule has 0 aliphatic carbocycles. The summed E-state index contributed by atoms with van der Waals surface area (Å²) in [6, 6.07) is 2.39. The second-order valence-electron chi connectivity index (χ2n) is 4.78. The normalized spacial score (nSPS) is 11.9. The van der Waals surface area contributed by atoms with Gasteiger partial charge in [0.05, 0.1) is 6.04 Å². The zero-order valence-electron chi connectivity index (χ0n) is 12.1. The molecule has 0 bridgehead atoms. The molecule has 0 aliphatic heterocycles. The van der Waals surface area contributed by atoms with Crippen LogP contribution in [0.3, 0.4) is 0 Å². The third kappa shape index (κ3) is 4.58. The predicted octanol–water partition coefficient (Wildman–Crippen LogP) is 3.80. The maximum absolute atomic E-state index is 4.45. The second kappa shape index (κ2) is 8.33. The van der Waals surface area contributed by atoms with Gasteiger partial charge in [0.15, 0.2) is 0 Å². The van der Waals surface area contributed by atoms with Crippen molar-refractivity contribution >= 4 is 35.1 Å². The summed E-state index contributed by atoms with van der Waals surface area (Å²) in [6.45, 7) is 2.64. The number of thiazole rings is 1. The highest BCUT2D eigenvalue weighted by Gasteiger charge is 2.15. The number of hydrogen-bond acceptors (Lipinski definition) is 6. The molecule has 7 heteroatoms. The molecule has 3 heterocycles. The molecular formula is C15H17ClN4S2. The van der Waals surface area contributed by atoms with Crippen molar-refractivity contribution in [2.24, 2.45) is 0 Å². The van der Waals surface area contributed by atoms with Gasteiger partial charge >= 0.3 is 0 Å². The fourth-order valence-electron chi connectivity index (χ4n) is 2.05. The molecule has 116 valence electrons. The molecule has 3 aromatic heterocycles. The van der Waals surface area contributed by atoms with Crippen molar-refractivity contribution in [1.29, 1.82) is 0 Å². The van der Waals surface area contributed by atoms with Crippen LogP contribution in [0.1, 0.15) is 28.0 Å². The van der Waals surface area contributed by atoms with Gasteiger partial charge in [0.2, 0.25) is 0 Å². The van der Waals surface area contributed by atoms with Crippen LogP contribution < -0.4 is 5.32 Å². The van der Waals surface area contributed by atoms with Crippen LogP contribution in [0.25, 0.3) is 0 Å². The Morgan fingerprint density at radius 3 is 2.59 bits per heavy atom. The van der Waals surface area contributed by atoms with Crippen molar-refractivity contribution in [3.63, 3.8) is 0 Å². The molecule has 4 nitrogen and oxygen atoms in total. The zero-order valence-corrected chi connectivity index (χ0v) is 14.5. The Morgan fingerprint density at radius 1 is 1.14 bits per heavy atom. The largest absolute Gasteiger partial charge is 0.303 e. The van der Waals surface area contributed by atoms with E-state index in [9.17, 15) is 0 Å². The number of aromatic nitrogens is 3. The van der Waals surface area contributed by atoms with Gasteiger partial charge in [-0.05, 0) is 35.7 Å². The van der Waals surface area contributed by atoms with E-state index in [0.29, 0.717) is 0 Å². The average molecular weight is 353 g/mol. The smallest absolute Gasteiger partial charge is 0.125 e. The number of thiophene rings is 1. The predicted molar refractivity (Wildman–Crippen MR) is 93.7 cm³/mol. The first-order valence-electron chi connectivity index (χ1n) is 6.72. The van der Waals surface area contributed by atoms with Crippen molar-refractivity contribution in [3.8, 4) is 0 Å². The first kappa shape index (κ1) is 17.0. The van der Waals surface area contributed by atoms with E-state index in [4.69, 9.17) is 0 Å². The van der Waals surface area contributed by atoms with Crippen molar-refractivity contribution in [1.82, 2.24) is 20.3 Å². The van der Waals surface area contributed by atoms with Gasteiger partial charge in [-0.15, -0.1) is 23.7 Å². The maximum atomic E-state index is 4.45. The minimum atomic E-state index is 0. The van der Waals surface area contributed by atoms with Crippen LogP contribution in [0.2, 0.25) is 0 Å². The third-order valence-electron chi connectivity index (χ3n) is 3.16. The van der Waals surface area contributed by atoms with Gasteiger partial charge in [-0.1, -0.05) is 0 Å². The SMILES string of the molecule is Cc1ncc(CNC(Cc2ccsc2)c2nccs2)cn1.Cl. The Labute approximate surface area is 144 Å². The highest BCUT2D eigenvalue weighted by atomic mass is 35.5. The summed E-state index contributed by atoms with van der Waals surface area (Å²) in [4.78, 5) is 12.9. The lowest BCUT2D eigenvalue weighted by molar-refractivity contribution is 0.527. The molecule has 0 fully saturated rings. The summed E-state index contributed by atoms with van der Waals surface area (Å²) in [5.41, 5.74) is 2.43. The summed E-state index contributed by atoms with van der Waals surface area (Å²) >= 11 is 3.42. The van der Waals surface area contributed by atoms with Crippen LogP contribution in [0.15, 0.2) is 40.8 Å². The van der Waals surface area contributed by atoms with E-state index in [1.807, 2.05) is 30.9 Å². The second-order valence-corrected chi connectivity index (χ2v) is 6.48. The van der Waals surface area contributed by atoms with E-state index in [-0.39, 0.29) is 18.4 Å². The number of hydrogen-bond donors (Lipinski definition) is 1. The van der Waals surface area contributed by atoms with Gasteiger partial charge in [0, 0.05) is 36.1 Å². The summed E-state index contributed by atoms with van der Waals surface area (Å²) in [7, 11) is 0. The van der Waals surface area contributed by atoms with Crippen LogP contribution in [-0.4, -0.2) is 15.0 Å².